The lowest BCUT2D eigenvalue weighted by atomic mass is 9.66. The molecule has 0 aliphatic heterocycles. The molecule has 1 fully saturated rings. The Bertz CT molecular complexity index is 981. The van der Waals surface area contributed by atoms with Gasteiger partial charge in [0.1, 0.15) is 0 Å². The number of rotatable bonds is 15. The Balaban J connectivity index is 1.40. The zero-order chi connectivity index (χ0) is 28.0. The summed E-state index contributed by atoms with van der Waals surface area (Å²) in [5, 5.41) is 3.95. The van der Waals surface area contributed by atoms with Crippen molar-refractivity contribution >= 4 is 0 Å². The molecule has 220 valence electrons. The second-order valence-corrected chi connectivity index (χ2v) is 13.0. The van der Waals surface area contributed by atoms with E-state index in [1.165, 1.54) is 89.0 Å². The van der Waals surface area contributed by atoms with Gasteiger partial charge in [-0.05, 0) is 120 Å². The number of hydrogen-bond acceptors (Lipinski definition) is 2. The van der Waals surface area contributed by atoms with E-state index in [9.17, 15) is 0 Å². The van der Waals surface area contributed by atoms with Crippen LogP contribution in [-0.2, 0) is 0 Å². The third kappa shape index (κ3) is 9.23. The summed E-state index contributed by atoms with van der Waals surface area (Å²) in [7, 11) is 0. The lowest BCUT2D eigenvalue weighted by Gasteiger charge is -2.38. The van der Waals surface area contributed by atoms with E-state index in [1.54, 1.807) is 22.3 Å². The van der Waals surface area contributed by atoms with Gasteiger partial charge in [-0.25, -0.2) is 0 Å². The van der Waals surface area contributed by atoms with E-state index in [1.807, 2.05) is 12.3 Å². The Morgan fingerprint density at radius 1 is 1.00 bits per heavy atom. The lowest BCUT2D eigenvalue weighted by Crippen LogP contribution is -2.32. The fourth-order valence-corrected chi connectivity index (χ4v) is 7.65. The molecule has 1 saturated carbocycles. The number of fused-ring (bicyclic) bond motifs is 1. The molecule has 3 atom stereocenters. The largest absolute Gasteiger partial charge is 0.405 e. The van der Waals surface area contributed by atoms with Gasteiger partial charge >= 0.3 is 0 Å². The standard InChI is InChI=1S/C38H58N2/c1-3-4-7-15-31(28-39)16-14-17-32(29-40-34-20-10-6-11-21-34)25-24-30(2)35-26-27-36(33-18-8-5-9-19-33)38-23-13-12-22-37(35)38/h3,12-13,18,22-23,25,28,30,34,36,38,40H,1,4-11,14-17,19-21,24,26-27,29,39H2,2H3/b31-28-,32-25-. The minimum Gasteiger partial charge on any atom is -0.405 e. The summed E-state index contributed by atoms with van der Waals surface area (Å²) in [5.41, 5.74) is 14.1. The van der Waals surface area contributed by atoms with Gasteiger partial charge in [0.2, 0.25) is 0 Å². The second-order valence-electron chi connectivity index (χ2n) is 13.0. The first-order valence-corrected chi connectivity index (χ1v) is 16.9. The summed E-state index contributed by atoms with van der Waals surface area (Å²) in [5.74, 6) is 1.94. The highest BCUT2D eigenvalue weighted by molar-refractivity contribution is 5.42. The molecule has 4 rings (SSSR count). The summed E-state index contributed by atoms with van der Waals surface area (Å²) in [6, 6.07) is 0.710. The molecule has 0 aromatic heterocycles. The van der Waals surface area contributed by atoms with Crippen LogP contribution >= 0.6 is 0 Å². The molecule has 0 spiro atoms. The third-order valence-corrected chi connectivity index (χ3v) is 10.1. The number of unbranched alkanes of at least 4 members (excludes halogenated alkanes) is 1. The van der Waals surface area contributed by atoms with Crippen molar-refractivity contribution in [2.45, 2.75) is 129 Å². The second kappa shape index (κ2) is 17.0. The van der Waals surface area contributed by atoms with Crippen LogP contribution in [0.2, 0.25) is 0 Å². The van der Waals surface area contributed by atoms with Crippen LogP contribution in [0.25, 0.3) is 0 Å². The zero-order valence-corrected chi connectivity index (χ0v) is 25.6. The van der Waals surface area contributed by atoms with Crippen LogP contribution in [0.1, 0.15) is 122 Å². The van der Waals surface area contributed by atoms with Crippen molar-refractivity contribution in [2.24, 2.45) is 23.5 Å². The van der Waals surface area contributed by atoms with E-state index in [0.29, 0.717) is 17.9 Å². The van der Waals surface area contributed by atoms with Crippen molar-refractivity contribution in [3.05, 3.63) is 83.2 Å². The van der Waals surface area contributed by atoms with Gasteiger partial charge in [-0.15, -0.1) is 6.58 Å². The summed E-state index contributed by atoms with van der Waals surface area (Å²) in [6.07, 6.45) is 41.5. The van der Waals surface area contributed by atoms with E-state index < -0.39 is 0 Å². The molecular formula is C38H58N2. The van der Waals surface area contributed by atoms with Crippen LogP contribution in [0.15, 0.2) is 83.2 Å². The van der Waals surface area contributed by atoms with E-state index >= 15 is 0 Å². The number of nitrogens with two attached hydrogens (primary N) is 1. The Kier molecular flexibility index (Phi) is 13.1. The van der Waals surface area contributed by atoms with Crippen LogP contribution in [0.3, 0.4) is 0 Å². The highest BCUT2D eigenvalue weighted by Gasteiger charge is 2.33. The van der Waals surface area contributed by atoms with Gasteiger partial charge in [-0.2, -0.15) is 0 Å². The molecule has 2 nitrogen and oxygen atoms in total. The molecule has 4 aliphatic rings. The summed E-state index contributed by atoms with van der Waals surface area (Å²) in [4.78, 5) is 0. The SMILES string of the molecule is C=CCCC/C(=C/N)CCC/C(=C/CC(C)C1=C2C=CC=CC2C(C2=CCCCC2)CC1)CNC1CCCCC1. The highest BCUT2D eigenvalue weighted by atomic mass is 14.9. The van der Waals surface area contributed by atoms with E-state index in [4.69, 9.17) is 5.73 Å². The van der Waals surface area contributed by atoms with Crippen molar-refractivity contribution in [3.8, 4) is 0 Å². The molecule has 4 aliphatic carbocycles. The molecular weight excluding hydrogens is 484 g/mol. The number of hydrogen-bond donors (Lipinski definition) is 2. The molecule has 0 amide bonds. The smallest absolute Gasteiger partial charge is 0.0167 e. The normalized spacial score (nSPS) is 25.1. The summed E-state index contributed by atoms with van der Waals surface area (Å²) < 4.78 is 0. The Morgan fingerprint density at radius 3 is 2.60 bits per heavy atom. The Morgan fingerprint density at radius 2 is 1.82 bits per heavy atom. The van der Waals surface area contributed by atoms with Gasteiger partial charge in [0.25, 0.3) is 0 Å². The maximum absolute atomic E-state index is 5.99. The zero-order valence-electron chi connectivity index (χ0n) is 25.6. The van der Waals surface area contributed by atoms with Crippen molar-refractivity contribution in [1.29, 1.82) is 0 Å². The minimum absolute atomic E-state index is 0.597. The van der Waals surface area contributed by atoms with Crippen LogP contribution < -0.4 is 11.1 Å². The average Bonchev–Trinajstić information content (AvgIpc) is 3.01. The Hall–Kier alpha value is -2.06. The molecule has 0 heterocycles. The first-order valence-electron chi connectivity index (χ1n) is 16.9. The monoisotopic (exact) mass is 542 g/mol. The maximum atomic E-state index is 5.99. The molecule has 2 heteroatoms. The molecule has 0 aromatic carbocycles. The van der Waals surface area contributed by atoms with Gasteiger partial charge in [0.05, 0.1) is 0 Å². The van der Waals surface area contributed by atoms with Crippen LogP contribution in [-0.4, -0.2) is 12.6 Å². The van der Waals surface area contributed by atoms with Gasteiger partial charge in [0.15, 0.2) is 0 Å². The quantitative estimate of drug-likeness (QED) is 0.160. The van der Waals surface area contributed by atoms with Gasteiger partial charge in [-0.1, -0.05) is 91.0 Å². The van der Waals surface area contributed by atoms with Gasteiger partial charge < -0.3 is 11.1 Å². The topological polar surface area (TPSA) is 38.0 Å². The summed E-state index contributed by atoms with van der Waals surface area (Å²) in [6.45, 7) is 7.41. The van der Waals surface area contributed by atoms with Gasteiger partial charge in [0, 0.05) is 18.5 Å². The molecule has 40 heavy (non-hydrogen) atoms. The molecule has 0 aromatic rings. The maximum Gasteiger partial charge on any atom is 0.0167 e. The van der Waals surface area contributed by atoms with E-state index in [0.717, 1.165) is 44.6 Å². The Labute approximate surface area is 246 Å². The van der Waals surface area contributed by atoms with Crippen molar-refractivity contribution in [3.63, 3.8) is 0 Å². The predicted molar refractivity (Wildman–Crippen MR) is 175 cm³/mol. The minimum atomic E-state index is 0.597. The number of nitrogens with one attached hydrogen (secondary N) is 1. The highest BCUT2D eigenvalue weighted by Crippen LogP contribution is 2.46. The van der Waals surface area contributed by atoms with Crippen molar-refractivity contribution in [2.75, 3.05) is 6.54 Å². The van der Waals surface area contributed by atoms with E-state index in [-0.39, 0.29) is 0 Å². The van der Waals surface area contributed by atoms with Crippen LogP contribution in [0, 0.1) is 17.8 Å². The summed E-state index contributed by atoms with van der Waals surface area (Å²) >= 11 is 0. The lowest BCUT2D eigenvalue weighted by molar-refractivity contribution is 0.381. The first-order chi connectivity index (χ1) is 19.7. The van der Waals surface area contributed by atoms with Gasteiger partial charge in [-0.3, -0.25) is 0 Å². The first kappa shape index (κ1) is 30.9. The van der Waals surface area contributed by atoms with Crippen molar-refractivity contribution < 1.29 is 0 Å². The van der Waals surface area contributed by atoms with Crippen LogP contribution in [0.4, 0.5) is 0 Å². The molecule has 0 saturated heterocycles. The van der Waals surface area contributed by atoms with E-state index in [2.05, 4.69) is 55.3 Å². The predicted octanol–water partition coefficient (Wildman–Crippen LogP) is 10.2. The third-order valence-electron chi connectivity index (χ3n) is 10.1. The van der Waals surface area contributed by atoms with Crippen molar-refractivity contribution in [1.82, 2.24) is 5.32 Å². The fraction of sp³-hybridized carbons (Fsp3) is 0.632. The molecule has 0 bridgehead atoms. The van der Waals surface area contributed by atoms with Crippen LogP contribution in [0.5, 0.6) is 0 Å². The molecule has 3 unspecified atom stereocenters. The molecule has 3 N–H and O–H groups in total. The number of allylic oxidation sites excluding steroid dienone is 11. The average molecular weight is 543 g/mol. The fourth-order valence-electron chi connectivity index (χ4n) is 7.65. The molecule has 0 radical (unpaired) electrons.